The number of nitrogens with one attached hydrogen (secondary N) is 1. The lowest BCUT2D eigenvalue weighted by Crippen LogP contribution is -2.50. The van der Waals surface area contributed by atoms with Crippen LogP contribution in [-0.2, 0) is 11.3 Å². The summed E-state index contributed by atoms with van der Waals surface area (Å²) >= 11 is 0. The van der Waals surface area contributed by atoms with Gasteiger partial charge in [0, 0.05) is 24.2 Å². The molecule has 1 fully saturated rings. The molecule has 27 heavy (non-hydrogen) atoms. The number of carbonyl (C=O) groups excluding carboxylic acids is 2. The highest BCUT2D eigenvalue weighted by molar-refractivity contribution is 6.01. The lowest BCUT2D eigenvalue weighted by Gasteiger charge is -2.32. The van der Waals surface area contributed by atoms with Crippen LogP contribution in [0.3, 0.4) is 0 Å². The number of carbonyl (C=O) groups is 2. The second-order valence-corrected chi connectivity index (χ2v) is 7.44. The van der Waals surface area contributed by atoms with Crippen molar-refractivity contribution in [1.29, 1.82) is 0 Å². The van der Waals surface area contributed by atoms with Gasteiger partial charge in [-0.25, -0.2) is 0 Å². The number of rotatable bonds is 5. The normalized spacial score (nSPS) is 23.1. The van der Waals surface area contributed by atoms with Crippen molar-refractivity contribution in [2.24, 2.45) is 0 Å². The average Bonchev–Trinajstić information content (AvgIpc) is 3.33. The Morgan fingerprint density at radius 1 is 1.19 bits per heavy atom. The van der Waals surface area contributed by atoms with Gasteiger partial charge in [0.1, 0.15) is 18.7 Å². The highest BCUT2D eigenvalue weighted by atomic mass is 16.2. The van der Waals surface area contributed by atoms with Crippen molar-refractivity contribution >= 4 is 11.8 Å². The number of aromatic nitrogens is 3. The molecule has 1 N–H and O–H groups in total. The van der Waals surface area contributed by atoms with E-state index in [0.717, 1.165) is 36.8 Å². The first-order chi connectivity index (χ1) is 13.2. The van der Waals surface area contributed by atoms with Gasteiger partial charge in [-0.05, 0) is 43.7 Å². The fourth-order valence-electron chi connectivity index (χ4n) is 4.29. The number of hydrogen-bond acceptors (Lipinski definition) is 4. The van der Waals surface area contributed by atoms with Crippen LogP contribution in [0, 0.1) is 0 Å². The van der Waals surface area contributed by atoms with Gasteiger partial charge in [-0.3, -0.25) is 9.59 Å². The molecule has 1 aromatic carbocycles. The van der Waals surface area contributed by atoms with Gasteiger partial charge in [0.15, 0.2) is 0 Å². The SMILES string of the molecule is CC[C@H](C(=O)NC1CCC(n2cnnc2)CC1)N1Cc2ccccc2C1=O. The third kappa shape index (κ3) is 3.46. The summed E-state index contributed by atoms with van der Waals surface area (Å²) in [7, 11) is 0. The second-order valence-electron chi connectivity index (χ2n) is 7.44. The maximum Gasteiger partial charge on any atom is 0.255 e. The smallest absolute Gasteiger partial charge is 0.255 e. The van der Waals surface area contributed by atoms with E-state index in [0.29, 0.717) is 19.0 Å². The van der Waals surface area contributed by atoms with Crippen molar-refractivity contribution in [3.05, 3.63) is 48.0 Å². The first-order valence-electron chi connectivity index (χ1n) is 9.70. The van der Waals surface area contributed by atoms with Crippen molar-refractivity contribution in [1.82, 2.24) is 25.0 Å². The van der Waals surface area contributed by atoms with E-state index in [2.05, 4.69) is 15.5 Å². The summed E-state index contributed by atoms with van der Waals surface area (Å²) in [4.78, 5) is 27.3. The van der Waals surface area contributed by atoms with Crippen molar-refractivity contribution < 1.29 is 9.59 Å². The van der Waals surface area contributed by atoms with Crippen molar-refractivity contribution in [2.75, 3.05) is 0 Å². The number of benzene rings is 1. The Morgan fingerprint density at radius 2 is 1.89 bits per heavy atom. The standard InChI is InChI=1S/C20H25N5O2/c1-2-18(25-11-14-5-3-4-6-17(14)20(25)27)19(26)23-15-7-9-16(10-8-15)24-12-21-22-13-24/h3-6,12-13,15-16,18H,2,7-11H2,1H3,(H,23,26)/t15?,16?,18-/m1/s1. The minimum atomic E-state index is -0.416. The number of nitrogens with zero attached hydrogens (tertiary/aromatic N) is 4. The fourth-order valence-corrected chi connectivity index (χ4v) is 4.29. The lowest BCUT2D eigenvalue weighted by molar-refractivity contribution is -0.126. The molecule has 1 saturated carbocycles. The molecule has 1 aliphatic carbocycles. The van der Waals surface area contributed by atoms with E-state index >= 15 is 0 Å². The number of amides is 2. The second kappa shape index (κ2) is 7.50. The Morgan fingerprint density at radius 3 is 2.56 bits per heavy atom. The molecule has 142 valence electrons. The molecule has 1 aromatic heterocycles. The van der Waals surface area contributed by atoms with Crippen LogP contribution in [0.15, 0.2) is 36.9 Å². The Kier molecular flexibility index (Phi) is 4.92. The molecular formula is C20H25N5O2. The molecule has 7 heteroatoms. The van der Waals surface area contributed by atoms with Crippen molar-refractivity contribution in [2.45, 2.75) is 63.7 Å². The van der Waals surface area contributed by atoms with Crippen LogP contribution < -0.4 is 5.32 Å². The minimum absolute atomic E-state index is 0.0357. The summed E-state index contributed by atoms with van der Waals surface area (Å²) in [6.07, 6.45) is 7.97. The molecule has 0 unspecified atom stereocenters. The van der Waals surface area contributed by atoms with Gasteiger partial charge in [-0.15, -0.1) is 10.2 Å². The predicted molar refractivity (Wildman–Crippen MR) is 99.9 cm³/mol. The zero-order valence-electron chi connectivity index (χ0n) is 15.5. The zero-order chi connectivity index (χ0) is 18.8. The topological polar surface area (TPSA) is 80.1 Å². The first kappa shape index (κ1) is 17.7. The molecule has 1 aliphatic heterocycles. The first-order valence-corrected chi connectivity index (χ1v) is 9.70. The Balaban J connectivity index is 1.36. The molecule has 0 spiro atoms. The summed E-state index contributed by atoms with van der Waals surface area (Å²) in [6, 6.07) is 7.77. The molecule has 4 rings (SSSR count). The van der Waals surface area contributed by atoms with Crippen LogP contribution in [0.25, 0.3) is 0 Å². The summed E-state index contributed by atoms with van der Waals surface area (Å²) in [5, 5.41) is 10.9. The van der Waals surface area contributed by atoms with Crippen LogP contribution in [0.2, 0.25) is 0 Å². The third-order valence-corrected chi connectivity index (χ3v) is 5.82. The van der Waals surface area contributed by atoms with E-state index in [4.69, 9.17) is 0 Å². The summed E-state index contributed by atoms with van der Waals surface area (Å²) in [6.45, 7) is 2.48. The van der Waals surface area contributed by atoms with E-state index < -0.39 is 6.04 Å². The fraction of sp³-hybridized carbons (Fsp3) is 0.500. The molecule has 0 radical (unpaired) electrons. The quantitative estimate of drug-likeness (QED) is 0.879. The maximum absolute atomic E-state index is 12.9. The number of fused-ring (bicyclic) bond motifs is 1. The van der Waals surface area contributed by atoms with E-state index in [1.165, 1.54) is 0 Å². The monoisotopic (exact) mass is 367 g/mol. The maximum atomic E-state index is 12.9. The summed E-state index contributed by atoms with van der Waals surface area (Å²) in [5.74, 6) is -0.0738. The van der Waals surface area contributed by atoms with Crippen molar-refractivity contribution in [3.8, 4) is 0 Å². The van der Waals surface area contributed by atoms with Gasteiger partial charge in [0.2, 0.25) is 5.91 Å². The van der Waals surface area contributed by atoms with Crippen LogP contribution in [0.5, 0.6) is 0 Å². The lowest BCUT2D eigenvalue weighted by atomic mass is 9.91. The van der Waals surface area contributed by atoms with E-state index in [1.54, 1.807) is 17.6 Å². The van der Waals surface area contributed by atoms with Crippen molar-refractivity contribution in [3.63, 3.8) is 0 Å². The van der Waals surface area contributed by atoms with Crippen LogP contribution in [0.4, 0.5) is 0 Å². The van der Waals surface area contributed by atoms with E-state index in [9.17, 15) is 9.59 Å². The van der Waals surface area contributed by atoms with Crippen LogP contribution in [0.1, 0.15) is 61.0 Å². The third-order valence-electron chi connectivity index (χ3n) is 5.82. The molecule has 0 bridgehead atoms. The van der Waals surface area contributed by atoms with E-state index in [1.807, 2.05) is 35.8 Å². The molecule has 2 heterocycles. The van der Waals surface area contributed by atoms with Crippen LogP contribution in [-0.4, -0.2) is 43.6 Å². The van der Waals surface area contributed by atoms with Gasteiger partial charge in [0.05, 0.1) is 0 Å². The summed E-state index contributed by atoms with van der Waals surface area (Å²) in [5.41, 5.74) is 1.72. The molecule has 2 amide bonds. The summed E-state index contributed by atoms with van der Waals surface area (Å²) < 4.78 is 2.05. The molecular weight excluding hydrogens is 342 g/mol. The Hall–Kier alpha value is -2.70. The molecule has 1 atom stereocenters. The van der Waals surface area contributed by atoms with Gasteiger partial charge in [-0.2, -0.15) is 0 Å². The average molecular weight is 367 g/mol. The van der Waals surface area contributed by atoms with E-state index in [-0.39, 0.29) is 17.9 Å². The van der Waals surface area contributed by atoms with Gasteiger partial charge < -0.3 is 14.8 Å². The molecule has 2 aliphatic rings. The van der Waals surface area contributed by atoms with Gasteiger partial charge in [-0.1, -0.05) is 25.1 Å². The van der Waals surface area contributed by atoms with Gasteiger partial charge >= 0.3 is 0 Å². The molecule has 0 saturated heterocycles. The minimum Gasteiger partial charge on any atom is -0.352 e. The Bertz CT molecular complexity index is 812. The predicted octanol–water partition coefficient (Wildman–Crippen LogP) is 2.31. The highest BCUT2D eigenvalue weighted by Crippen LogP contribution is 2.29. The molecule has 2 aromatic rings. The highest BCUT2D eigenvalue weighted by Gasteiger charge is 2.36. The van der Waals surface area contributed by atoms with Gasteiger partial charge in [0.25, 0.3) is 5.91 Å². The largest absolute Gasteiger partial charge is 0.352 e. The Labute approximate surface area is 158 Å². The molecule has 7 nitrogen and oxygen atoms in total. The number of hydrogen-bond donors (Lipinski definition) is 1. The zero-order valence-corrected chi connectivity index (χ0v) is 15.5. The van der Waals surface area contributed by atoms with Crippen LogP contribution >= 0.6 is 0 Å².